The van der Waals surface area contributed by atoms with E-state index >= 15 is 0 Å². The molecule has 1 heterocycles. The monoisotopic (exact) mass is 462 g/mol. The molecule has 0 radical (unpaired) electrons. The molecule has 0 aromatic heterocycles. The second-order valence-electron chi connectivity index (χ2n) is 7.34. The van der Waals surface area contributed by atoms with Gasteiger partial charge in [-0.25, -0.2) is 4.79 Å². The lowest BCUT2D eigenvalue weighted by Crippen LogP contribution is -2.44. The van der Waals surface area contributed by atoms with Crippen LogP contribution in [-0.4, -0.2) is 48.0 Å². The lowest BCUT2D eigenvalue weighted by Gasteiger charge is -2.33. The Kier molecular flexibility index (Phi) is 7.53. The van der Waals surface area contributed by atoms with Crippen LogP contribution in [0.4, 0.5) is 5.69 Å². The number of nitrogens with zero attached hydrogens (tertiary/aromatic N) is 2. The summed E-state index contributed by atoms with van der Waals surface area (Å²) in [5, 5.41) is 11.5. The van der Waals surface area contributed by atoms with E-state index in [2.05, 4.69) is 0 Å². The van der Waals surface area contributed by atoms with Crippen LogP contribution in [0.3, 0.4) is 0 Å². The molecule has 1 fully saturated rings. The van der Waals surface area contributed by atoms with Crippen molar-refractivity contribution in [3.05, 3.63) is 57.1 Å². The van der Waals surface area contributed by atoms with Crippen LogP contribution in [0.1, 0.15) is 36.5 Å². The molecule has 1 aliphatic heterocycles. The highest BCUT2D eigenvalue weighted by Crippen LogP contribution is 2.38. The van der Waals surface area contributed by atoms with E-state index < -0.39 is 10.9 Å². The van der Waals surface area contributed by atoms with Crippen LogP contribution in [0.25, 0.3) is 0 Å². The lowest BCUT2D eigenvalue weighted by atomic mass is 10.0. The topological polar surface area (TPSA) is 108 Å². The molecule has 0 spiro atoms. The predicted octanol–water partition coefficient (Wildman–Crippen LogP) is 4.61. The first-order chi connectivity index (χ1) is 15.3. The van der Waals surface area contributed by atoms with E-state index in [1.165, 1.54) is 43.5 Å². The summed E-state index contributed by atoms with van der Waals surface area (Å²) in [7, 11) is 1.37. The van der Waals surface area contributed by atoms with Gasteiger partial charge in [0.2, 0.25) is 5.75 Å². The summed E-state index contributed by atoms with van der Waals surface area (Å²) in [5.74, 6) is -0.625. The van der Waals surface area contributed by atoms with Crippen molar-refractivity contribution in [2.45, 2.75) is 32.2 Å². The van der Waals surface area contributed by atoms with Crippen LogP contribution in [0, 0.1) is 10.1 Å². The zero-order valence-electron chi connectivity index (χ0n) is 17.7. The maximum absolute atomic E-state index is 12.4. The number of halogens is 1. The first-order valence-electron chi connectivity index (χ1n) is 10.1. The van der Waals surface area contributed by atoms with Gasteiger partial charge in [0.1, 0.15) is 0 Å². The van der Waals surface area contributed by atoms with E-state index in [0.717, 1.165) is 19.3 Å². The standard InChI is InChI=1S/C22H23ClN2O7/c1-14-5-3-4-10-24(14)21(26)13-31-22(27)15-6-8-19(20(11-15)30-2)32-18-9-7-16(23)12-17(18)25(28)29/h6-9,11-12,14H,3-5,10,13H2,1-2H3. The number of piperidine rings is 1. The lowest BCUT2D eigenvalue weighted by molar-refractivity contribution is -0.385. The molecule has 2 aromatic rings. The van der Waals surface area contributed by atoms with Gasteiger partial charge in [0.05, 0.1) is 17.6 Å². The van der Waals surface area contributed by atoms with Gasteiger partial charge in [-0.2, -0.15) is 0 Å². The molecule has 9 nitrogen and oxygen atoms in total. The van der Waals surface area contributed by atoms with Gasteiger partial charge in [0.25, 0.3) is 5.91 Å². The maximum atomic E-state index is 12.4. The Labute approximate surface area is 190 Å². The quantitative estimate of drug-likeness (QED) is 0.336. The molecule has 1 aliphatic rings. The molecule has 10 heteroatoms. The van der Waals surface area contributed by atoms with E-state index in [4.69, 9.17) is 25.8 Å². The molecule has 3 rings (SSSR count). The molecule has 170 valence electrons. The summed E-state index contributed by atoms with van der Waals surface area (Å²) in [5.41, 5.74) is -0.159. The summed E-state index contributed by atoms with van der Waals surface area (Å²) >= 11 is 5.82. The summed E-state index contributed by atoms with van der Waals surface area (Å²) in [6.45, 7) is 2.29. The van der Waals surface area contributed by atoms with E-state index in [1.807, 2.05) is 6.92 Å². The molecule has 1 saturated heterocycles. The second-order valence-corrected chi connectivity index (χ2v) is 7.78. The largest absolute Gasteiger partial charge is 0.493 e. The number of nitro groups is 1. The summed E-state index contributed by atoms with van der Waals surface area (Å²) in [6, 6.07) is 8.38. The van der Waals surface area contributed by atoms with Gasteiger partial charge in [0.15, 0.2) is 18.1 Å². The number of esters is 1. The number of benzene rings is 2. The Hall–Kier alpha value is -3.33. The van der Waals surface area contributed by atoms with E-state index in [1.54, 1.807) is 4.90 Å². The van der Waals surface area contributed by atoms with E-state index in [-0.39, 0.29) is 52.1 Å². The van der Waals surface area contributed by atoms with Crippen molar-refractivity contribution < 1.29 is 28.7 Å². The SMILES string of the molecule is COc1cc(C(=O)OCC(=O)N2CCCCC2C)ccc1Oc1ccc(Cl)cc1[N+](=O)[O-]. The Morgan fingerprint density at radius 3 is 2.59 bits per heavy atom. The third kappa shape index (κ3) is 5.47. The van der Waals surface area contributed by atoms with Gasteiger partial charge in [-0.3, -0.25) is 14.9 Å². The van der Waals surface area contributed by atoms with Gasteiger partial charge in [-0.05, 0) is 56.5 Å². The number of carbonyl (C=O) groups excluding carboxylic acids is 2. The fourth-order valence-corrected chi connectivity index (χ4v) is 3.65. The average molecular weight is 463 g/mol. The van der Waals surface area contributed by atoms with Crippen LogP contribution in [0.5, 0.6) is 17.2 Å². The fraction of sp³-hybridized carbons (Fsp3) is 0.364. The number of rotatable bonds is 7. The van der Waals surface area contributed by atoms with Crippen LogP contribution >= 0.6 is 11.6 Å². The second kappa shape index (κ2) is 10.3. The first-order valence-corrected chi connectivity index (χ1v) is 10.4. The van der Waals surface area contributed by atoms with Crippen molar-refractivity contribution in [3.63, 3.8) is 0 Å². The van der Waals surface area contributed by atoms with Gasteiger partial charge in [-0.15, -0.1) is 0 Å². The van der Waals surface area contributed by atoms with Crippen molar-refractivity contribution in [1.29, 1.82) is 0 Å². The molecule has 1 unspecified atom stereocenters. The van der Waals surface area contributed by atoms with Crippen molar-refractivity contribution >= 4 is 29.2 Å². The summed E-state index contributed by atoms with van der Waals surface area (Å²) < 4.78 is 16.1. The minimum absolute atomic E-state index is 0.0331. The number of hydrogen-bond donors (Lipinski definition) is 0. The van der Waals surface area contributed by atoms with Gasteiger partial charge < -0.3 is 19.1 Å². The molecular formula is C22H23ClN2O7. The van der Waals surface area contributed by atoms with Crippen LogP contribution < -0.4 is 9.47 Å². The Morgan fingerprint density at radius 1 is 1.16 bits per heavy atom. The van der Waals surface area contributed by atoms with Crippen molar-refractivity contribution in [3.8, 4) is 17.2 Å². The predicted molar refractivity (Wildman–Crippen MR) is 116 cm³/mol. The van der Waals surface area contributed by atoms with Crippen molar-refractivity contribution in [1.82, 2.24) is 4.90 Å². The number of ether oxygens (including phenoxy) is 3. The Bertz CT molecular complexity index is 1030. The number of hydrogen-bond acceptors (Lipinski definition) is 7. The highest BCUT2D eigenvalue weighted by atomic mass is 35.5. The molecule has 1 atom stereocenters. The van der Waals surface area contributed by atoms with Crippen molar-refractivity contribution in [2.24, 2.45) is 0 Å². The highest BCUT2D eigenvalue weighted by Gasteiger charge is 2.24. The van der Waals surface area contributed by atoms with Crippen LogP contribution in [0.15, 0.2) is 36.4 Å². The highest BCUT2D eigenvalue weighted by molar-refractivity contribution is 6.30. The summed E-state index contributed by atoms with van der Waals surface area (Å²) in [6.07, 6.45) is 2.96. The Balaban J connectivity index is 1.70. The molecule has 2 aromatic carbocycles. The third-order valence-corrected chi connectivity index (χ3v) is 5.42. The third-order valence-electron chi connectivity index (χ3n) is 5.19. The normalized spacial score (nSPS) is 15.7. The van der Waals surface area contributed by atoms with Gasteiger partial charge in [0, 0.05) is 23.7 Å². The molecule has 0 saturated carbocycles. The zero-order valence-corrected chi connectivity index (χ0v) is 18.5. The number of likely N-dealkylation sites (tertiary alicyclic amines) is 1. The average Bonchev–Trinajstić information content (AvgIpc) is 2.78. The minimum Gasteiger partial charge on any atom is -0.493 e. The molecule has 0 N–H and O–H groups in total. The number of amides is 1. The van der Waals surface area contributed by atoms with Gasteiger partial charge >= 0.3 is 11.7 Å². The number of carbonyl (C=O) groups is 2. The molecule has 0 aliphatic carbocycles. The van der Waals surface area contributed by atoms with Crippen LogP contribution in [0.2, 0.25) is 5.02 Å². The summed E-state index contributed by atoms with van der Waals surface area (Å²) in [4.78, 5) is 37.2. The van der Waals surface area contributed by atoms with Crippen LogP contribution in [-0.2, 0) is 9.53 Å². The molecule has 32 heavy (non-hydrogen) atoms. The van der Waals surface area contributed by atoms with Gasteiger partial charge in [-0.1, -0.05) is 11.6 Å². The number of methoxy groups -OCH3 is 1. The first kappa shape index (κ1) is 23.3. The molecule has 0 bridgehead atoms. The zero-order chi connectivity index (χ0) is 23.3. The molecular weight excluding hydrogens is 440 g/mol. The molecule has 1 amide bonds. The van der Waals surface area contributed by atoms with Crippen molar-refractivity contribution in [2.75, 3.05) is 20.3 Å². The Morgan fingerprint density at radius 2 is 1.91 bits per heavy atom. The maximum Gasteiger partial charge on any atom is 0.338 e. The number of nitro benzene ring substituents is 1. The van der Waals surface area contributed by atoms with E-state index in [0.29, 0.717) is 6.54 Å². The minimum atomic E-state index is -0.690. The smallest absolute Gasteiger partial charge is 0.338 e. The fourth-order valence-electron chi connectivity index (χ4n) is 3.48. The van der Waals surface area contributed by atoms with E-state index in [9.17, 15) is 19.7 Å².